The number of amides is 2. The molecular formula is C20H31N3O3S. The van der Waals surface area contributed by atoms with Gasteiger partial charge in [0, 0.05) is 44.8 Å². The Balaban J connectivity index is 1.43. The van der Waals surface area contributed by atoms with Crippen LogP contribution >= 0.6 is 11.3 Å². The summed E-state index contributed by atoms with van der Waals surface area (Å²) in [6.07, 6.45) is 3.99. The van der Waals surface area contributed by atoms with Gasteiger partial charge in [-0.25, -0.2) is 0 Å². The lowest BCUT2D eigenvalue weighted by molar-refractivity contribution is -0.117. The molecule has 27 heavy (non-hydrogen) atoms. The SMILES string of the molecule is CCOCCCN1CCC(NC(=O)c2ccc(NC(=O)C3CC3)s2)C(C)C1. The largest absolute Gasteiger partial charge is 0.382 e. The van der Waals surface area contributed by atoms with Crippen molar-refractivity contribution < 1.29 is 14.3 Å². The Morgan fingerprint density at radius 1 is 1.30 bits per heavy atom. The monoisotopic (exact) mass is 393 g/mol. The highest BCUT2D eigenvalue weighted by atomic mass is 32.1. The van der Waals surface area contributed by atoms with Crippen molar-refractivity contribution in [2.45, 2.75) is 45.6 Å². The van der Waals surface area contributed by atoms with Crippen molar-refractivity contribution in [3.05, 3.63) is 17.0 Å². The van der Waals surface area contributed by atoms with E-state index in [0.717, 1.165) is 63.5 Å². The molecule has 1 aromatic heterocycles. The van der Waals surface area contributed by atoms with Gasteiger partial charge in [0.1, 0.15) is 0 Å². The fourth-order valence-electron chi connectivity index (χ4n) is 3.52. The topological polar surface area (TPSA) is 70.7 Å². The van der Waals surface area contributed by atoms with E-state index in [1.807, 2.05) is 13.0 Å². The van der Waals surface area contributed by atoms with Gasteiger partial charge in [0.15, 0.2) is 0 Å². The van der Waals surface area contributed by atoms with Gasteiger partial charge in [0.05, 0.1) is 9.88 Å². The van der Waals surface area contributed by atoms with E-state index in [-0.39, 0.29) is 23.8 Å². The summed E-state index contributed by atoms with van der Waals surface area (Å²) in [7, 11) is 0. The lowest BCUT2D eigenvalue weighted by Gasteiger charge is -2.37. The standard InChI is InChI=1S/C20H31N3O3S/c1-3-26-12-4-10-23-11-9-16(14(2)13-23)21-20(25)17-7-8-18(27-17)22-19(24)15-5-6-15/h7-8,14-16H,3-6,9-13H2,1-2H3,(H,21,25)(H,22,24). The third kappa shape index (κ3) is 6.02. The van der Waals surface area contributed by atoms with E-state index in [0.29, 0.717) is 10.8 Å². The molecule has 6 nitrogen and oxygen atoms in total. The maximum absolute atomic E-state index is 12.6. The molecule has 2 unspecified atom stereocenters. The van der Waals surface area contributed by atoms with Gasteiger partial charge in [-0.3, -0.25) is 9.59 Å². The minimum Gasteiger partial charge on any atom is -0.382 e. The minimum atomic E-state index is -0.0337. The Hall–Kier alpha value is -1.44. The summed E-state index contributed by atoms with van der Waals surface area (Å²) in [5.41, 5.74) is 0. The van der Waals surface area contributed by atoms with Gasteiger partial charge in [0.2, 0.25) is 5.91 Å². The predicted octanol–water partition coefficient (Wildman–Crippen LogP) is 2.96. The van der Waals surface area contributed by atoms with Crippen LogP contribution in [0.1, 0.15) is 49.2 Å². The van der Waals surface area contributed by atoms with Gasteiger partial charge < -0.3 is 20.3 Å². The molecule has 2 heterocycles. The van der Waals surface area contributed by atoms with Crippen LogP contribution < -0.4 is 10.6 Å². The molecule has 0 aromatic carbocycles. The Morgan fingerprint density at radius 3 is 2.81 bits per heavy atom. The van der Waals surface area contributed by atoms with Gasteiger partial charge in [-0.2, -0.15) is 0 Å². The summed E-state index contributed by atoms with van der Waals surface area (Å²) in [6, 6.07) is 3.83. The van der Waals surface area contributed by atoms with Crippen LogP contribution in [0.4, 0.5) is 5.00 Å². The number of nitrogens with one attached hydrogen (secondary N) is 2. The molecule has 0 spiro atoms. The lowest BCUT2D eigenvalue weighted by atomic mass is 9.93. The first-order chi connectivity index (χ1) is 13.1. The van der Waals surface area contributed by atoms with Gasteiger partial charge in [-0.05, 0) is 50.7 Å². The zero-order chi connectivity index (χ0) is 19.2. The van der Waals surface area contributed by atoms with Crippen LogP contribution in [0.3, 0.4) is 0 Å². The Labute approximate surface area is 165 Å². The first-order valence-corrected chi connectivity index (χ1v) is 10.9. The number of piperidine rings is 1. The highest BCUT2D eigenvalue weighted by molar-refractivity contribution is 7.18. The summed E-state index contributed by atoms with van der Waals surface area (Å²) in [4.78, 5) is 27.5. The van der Waals surface area contributed by atoms with E-state index in [1.165, 1.54) is 11.3 Å². The van der Waals surface area contributed by atoms with Crippen LogP contribution in [-0.4, -0.2) is 55.6 Å². The molecule has 2 atom stereocenters. The molecule has 7 heteroatoms. The molecule has 3 rings (SSSR count). The van der Waals surface area contributed by atoms with Gasteiger partial charge >= 0.3 is 0 Å². The number of hydrogen-bond donors (Lipinski definition) is 2. The van der Waals surface area contributed by atoms with E-state index < -0.39 is 0 Å². The molecule has 1 aliphatic heterocycles. The molecule has 1 aliphatic carbocycles. The average Bonchev–Trinajstić information content (AvgIpc) is 3.40. The first-order valence-electron chi connectivity index (χ1n) is 10.1. The number of anilines is 1. The zero-order valence-corrected chi connectivity index (χ0v) is 17.1. The van der Waals surface area contributed by atoms with Crippen molar-refractivity contribution in [2.24, 2.45) is 11.8 Å². The van der Waals surface area contributed by atoms with E-state index in [4.69, 9.17) is 4.74 Å². The van der Waals surface area contributed by atoms with Crippen LogP contribution in [0, 0.1) is 11.8 Å². The van der Waals surface area contributed by atoms with Crippen molar-refractivity contribution in [3.8, 4) is 0 Å². The molecule has 150 valence electrons. The van der Waals surface area contributed by atoms with Crippen LogP contribution in [0.2, 0.25) is 0 Å². The van der Waals surface area contributed by atoms with Crippen molar-refractivity contribution in [3.63, 3.8) is 0 Å². The van der Waals surface area contributed by atoms with Crippen molar-refractivity contribution in [2.75, 3.05) is 38.2 Å². The number of carbonyl (C=O) groups excluding carboxylic acids is 2. The molecule has 1 aromatic rings. The molecule has 2 aliphatic rings. The second-order valence-electron chi connectivity index (χ2n) is 7.62. The zero-order valence-electron chi connectivity index (χ0n) is 16.3. The molecular weight excluding hydrogens is 362 g/mol. The summed E-state index contributed by atoms with van der Waals surface area (Å²) in [5.74, 6) is 0.635. The predicted molar refractivity (Wildman–Crippen MR) is 108 cm³/mol. The fourth-order valence-corrected chi connectivity index (χ4v) is 4.33. The highest BCUT2D eigenvalue weighted by Gasteiger charge is 2.30. The van der Waals surface area contributed by atoms with Crippen LogP contribution in [-0.2, 0) is 9.53 Å². The Kier molecular flexibility index (Phi) is 7.26. The second kappa shape index (κ2) is 9.66. The number of carbonyl (C=O) groups is 2. The molecule has 0 radical (unpaired) electrons. The number of rotatable bonds is 9. The lowest BCUT2D eigenvalue weighted by Crippen LogP contribution is -2.50. The summed E-state index contributed by atoms with van der Waals surface area (Å²) in [5, 5.41) is 6.86. The molecule has 2 N–H and O–H groups in total. The Bertz CT molecular complexity index is 644. The van der Waals surface area contributed by atoms with E-state index >= 15 is 0 Å². The van der Waals surface area contributed by atoms with E-state index in [1.54, 1.807) is 6.07 Å². The van der Waals surface area contributed by atoms with E-state index in [2.05, 4.69) is 22.5 Å². The number of hydrogen-bond acceptors (Lipinski definition) is 5. The highest BCUT2D eigenvalue weighted by Crippen LogP contribution is 2.31. The van der Waals surface area contributed by atoms with Crippen molar-refractivity contribution in [1.82, 2.24) is 10.2 Å². The van der Waals surface area contributed by atoms with Gasteiger partial charge in [0.25, 0.3) is 5.91 Å². The van der Waals surface area contributed by atoms with Gasteiger partial charge in [-0.15, -0.1) is 11.3 Å². The molecule has 0 bridgehead atoms. The van der Waals surface area contributed by atoms with E-state index in [9.17, 15) is 9.59 Å². The summed E-state index contributed by atoms with van der Waals surface area (Å²) >= 11 is 1.35. The molecule has 2 fully saturated rings. The average molecular weight is 394 g/mol. The molecule has 2 amide bonds. The molecule has 1 saturated carbocycles. The number of thiophene rings is 1. The van der Waals surface area contributed by atoms with Crippen molar-refractivity contribution in [1.29, 1.82) is 0 Å². The number of ether oxygens (including phenoxy) is 1. The third-order valence-corrected chi connectivity index (χ3v) is 6.30. The minimum absolute atomic E-state index is 0.0337. The number of likely N-dealkylation sites (tertiary alicyclic amines) is 1. The maximum Gasteiger partial charge on any atom is 0.261 e. The van der Waals surface area contributed by atoms with Gasteiger partial charge in [-0.1, -0.05) is 6.92 Å². The van der Waals surface area contributed by atoms with Crippen LogP contribution in [0.15, 0.2) is 12.1 Å². The van der Waals surface area contributed by atoms with Crippen LogP contribution in [0.5, 0.6) is 0 Å². The normalized spacial score (nSPS) is 23.2. The maximum atomic E-state index is 12.6. The Morgan fingerprint density at radius 2 is 2.11 bits per heavy atom. The quantitative estimate of drug-likeness (QED) is 0.633. The van der Waals surface area contributed by atoms with Crippen LogP contribution in [0.25, 0.3) is 0 Å². The molecule has 1 saturated heterocycles. The first kappa shape index (κ1) is 20.3. The number of nitrogens with zero attached hydrogens (tertiary/aromatic N) is 1. The summed E-state index contributed by atoms with van der Waals surface area (Å²) < 4.78 is 5.41. The second-order valence-corrected chi connectivity index (χ2v) is 8.71. The summed E-state index contributed by atoms with van der Waals surface area (Å²) in [6.45, 7) is 8.89. The third-order valence-electron chi connectivity index (χ3n) is 5.30. The fraction of sp³-hybridized carbons (Fsp3) is 0.700. The van der Waals surface area contributed by atoms with Crippen molar-refractivity contribution >= 4 is 28.2 Å². The smallest absolute Gasteiger partial charge is 0.261 e.